The van der Waals surface area contributed by atoms with Crippen molar-refractivity contribution < 1.29 is 29.0 Å². The first-order valence-corrected chi connectivity index (χ1v) is 6.94. The van der Waals surface area contributed by atoms with E-state index in [4.69, 9.17) is 14.6 Å². The summed E-state index contributed by atoms with van der Waals surface area (Å²) in [6.45, 7) is 2.75. The van der Waals surface area contributed by atoms with Crippen molar-refractivity contribution >= 4 is 18.0 Å². The van der Waals surface area contributed by atoms with Crippen molar-refractivity contribution in [2.45, 2.75) is 25.9 Å². The lowest BCUT2D eigenvalue weighted by atomic mass is 9.98. The summed E-state index contributed by atoms with van der Waals surface area (Å²) in [4.78, 5) is 36.0. The van der Waals surface area contributed by atoms with E-state index in [1.165, 1.54) is 12.0 Å². The van der Waals surface area contributed by atoms with Crippen LogP contribution < -0.4 is 5.32 Å². The van der Waals surface area contributed by atoms with Crippen molar-refractivity contribution in [1.82, 2.24) is 10.2 Å². The molecule has 1 saturated heterocycles. The largest absolute Gasteiger partial charge is 0.479 e. The molecule has 1 aliphatic heterocycles. The maximum absolute atomic E-state index is 12.0. The van der Waals surface area contributed by atoms with E-state index in [0.29, 0.717) is 26.0 Å². The van der Waals surface area contributed by atoms with Gasteiger partial charge < -0.3 is 24.8 Å². The molecular formula is C13H22N2O6. The average Bonchev–Trinajstić information content (AvgIpc) is 2.47. The first kappa shape index (κ1) is 17.2. The standard InChI is InChI=1S/C13H22N2O6/c1-3-21-12(18)9-5-4-6-15(8-9)13(19)14-7-10(20-2)11(16)17/h9-10H,3-8H2,1-2H3,(H,14,19)(H,16,17). The fourth-order valence-electron chi connectivity index (χ4n) is 2.18. The number of amides is 2. The number of likely N-dealkylation sites (tertiary alicyclic amines) is 1. The predicted molar refractivity (Wildman–Crippen MR) is 72.8 cm³/mol. The predicted octanol–water partition coefficient (Wildman–Crippen LogP) is 0.0707. The van der Waals surface area contributed by atoms with Crippen LogP contribution in [0.5, 0.6) is 0 Å². The SMILES string of the molecule is CCOC(=O)C1CCCN(C(=O)NCC(OC)C(=O)O)C1. The molecule has 0 saturated carbocycles. The lowest BCUT2D eigenvalue weighted by molar-refractivity contribution is -0.149. The molecule has 1 heterocycles. The molecule has 120 valence electrons. The van der Waals surface area contributed by atoms with Gasteiger partial charge in [0.2, 0.25) is 0 Å². The van der Waals surface area contributed by atoms with Gasteiger partial charge >= 0.3 is 18.0 Å². The lowest BCUT2D eigenvalue weighted by Crippen LogP contribution is -2.49. The van der Waals surface area contributed by atoms with E-state index in [0.717, 1.165) is 0 Å². The summed E-state index contributed by atoms with van der Waals surface area (Å²) in [7, 11) is 1.27. The molecule has 1 fully saturated rings. The minimum Gasteiger partial charge on any atom is -0.479 e. The number of carbonyl (C=O) groups excluding carboxylic acids is 2. The zero-order chi connectivity index (χ0) is 15.8. The van der Waals surface area contributed by atoms with Crippen molar-refractivity contribution in [3.05, 3.63) is 0 Å². The number of urea groups is 1. The van der Waals surface area contributed by atoms with Crippen LogP contribution in [0.15, 0.2) is 0 Å². The van der Waals surface area contributed by atoms with Gasteiger partial charge in [0.1, 0.15) is 0 Å². The first-order valence-electron chi connectivity index (χ1n) is 6.94. The molecule has 21 heavy (non-hydrogen) atoms. The van der Waals surface area contributed by atoms with Gasteiger partial charge in [-0.25, -0.2) is 9.59 Å². The molecule has 0 radical (unpaired) electrons. The van der Waals surface area contributed by atoms with E-state index in [2.05, 4.69) is 5.32 Å². The molecule has 1 rings (SSSR count). The number of piperidine rings is 1. The molecule has 0 aromatic rings. The Bertz CT molecular complexity index is 387. The van der Waals surface area contributed by atoms with Crippen LogP contribution in [-0.2, 0) is 19.1 Å². The highest BCUT2D eigenvalue weighted by Crippen LogP contribution is 2.17. The maximum atomic E-state index is 12.0. The fourth-order valence-corrected chi connectivity index (χ4v) is 2.18. The van der Waals surface area contributed by atoms with Gasteiger partial charge in [-0.2, -0.15) is 0 Å². The summed E-state index contributed by atoms with van der Waals surface area (Å²) in [5, 5.41) is 11.3. The second kappa shape index (κ2) is 8.46. The number of ether oxygens (including phenoxy) is 2. The lowest BCUT2D eigenvalue weighted by Gasteiger charge is -2.31. The summed E-state index contributed by atoms with van der Waals surface area (Å²) < 4.78 is 9.70. The number of esters is 1. The highest BCUT2D eigenvalue weighted by Gasteiger charge is 2.29. The van der Waals surface area contributed by atoms with Gasteiger partial charge in [0.25, 0.3) is 0 Å². The molecule has 0 bridgehead atoms. The van der Waals surface area contributed by atoms with Crippen LogP contribution in [0.2, 0.25) is 0 Å². The maximum Gasteiger partial charge on any atom is 0.334 e. The monoisotopic (exact) mass is 302 g/mol. The molecule has 2 atom stereocenters. The van der Waals surface area contributed by atoms with Crippen LogP contribution in [0.4, 0.5) is 4.79 Å². The third-order valence-electron chi connectivity index (χ3n) is 3.33. The Morgan fingerprint density at radius 3 is 2.71 bits per heavy atom. The van der Waals surface area contributed by atoms with Gasteiger partial charge in [0, 0.05) is 20.2 Å². The topological polar surface area (TPSA) is 105 Å². The third kappa shape index (κ3) is 5.22. The summed E-state index contributed by atoms with van der Waals surface area (Å²) in [5.41, 5.74) is 0. The van der Waals surface area contributed by atoms with E-state index >= 15 is 0 Å². The number of nitrogens with zero attached hydrogens (tertiary/aromatic N) is 1. The number of carbonyl (C=O) groups is 3. The Morgan fingerprint density at radius 2 is 2.14 bits per heavy atom. The van der Waals surface area contributed by atoms with Crippen LogP contribution >= 0.6 is 0 Å². The molecule has 0 aromatic carbocycles. The Kier molecular flexibility index (Phi) is 6.93. The molecule has 0 aromatic heterocycles. The van der Waals surface area contributed by atoms with E-state index in [-0.39, 0.29) is 25.0 Å². The number of hydrogen-bond donors (Lipinski definition) is 2. The van der Waals surface area contributed by atoms with Crippen molar-refractivity contribution in [3.63, 3.8) is 0 Å². The molecule has 0 spiro atoms. The average molecular weight is 302 g/mol. The highest BCUT2D eigenvalue weighted by atomic mass is 16.5. The van der Waals surface area contributed by atoms with Crippen LogP contribution in [-0.4, -0.2) is 67.4 Å². The first-order chi connectivity index (χ1) is 9.99. The van der Waals surface area contributed by atoms with Gasteiger partial charge in [0.05, 0.1) is 19.1 Å². The number of aliphatic carboxylic acids is 1. The number of methoxy groups -OCH3 is 1. The van der Waals surface area contributed by atoms with Crippen LogP contribution in [0.3, 0.4) is 0 Å². The van der Waals surface area contributed by atoms with Crippen molar-refractivity contribution in [2.24, 2.45) is 5.92 Å². The number of carboxylic acid groups (broad SMARTS) is 1. The molecule has 2 N–H and O–H groups in total. The zero-order valence-electron chi connectivity index (χ0n) is 12.3. The molecular weight excluding hydrogens is 280 g/mol. The van der Waals surface area contributed by atoms with Crippen LogP contribution in [0, 0.1) is 5.92 Å². The molecule has 2 unspecified atom stereocenters. The zero-order valence-corrected chi connectivity index (χ0v) is 12.3. The Balaban J connectivity index is 2.46. The Labute approximate surface area is 123 Å². The number of hydrogen-bond acceptors (Lipinski definition) is 5. The second-order valence-corrected chi connectivity index (χ2v) is 4.79. The second-order valence-electron chi connectivity index (χ2n) is 4.79. The minimum absolute atomic E-state index is 0.120. The van der Waals surface area contributed by atoms with Gasteiger partial charge in [0.15, 0.2) is 6.10 Å². The summed E-state index contributed by atoms with van der Waals surface area (Å²) in [5.74, 6) is -1.75. The van der Waals surface area contributed by atoms with E-state index in [1.54, 1.807) is 6.92 Å². The molecule has 1 aliphatic rings. The van der Waals surface area contributed by atoms with Gasteiger partial charge in [-0.15, -0.1) is 0 Å². The highest BCUT2D eigenvalue weighted by molar-refractivity contribution is 5.78. The number of rotatable bonds is 6. The molecule has 2 amide bonds. The molecule has 8 heteroatoms. The van der Waals surface area contributed by atoms with Gasteiger partial charge in [-0.3, -0.25) is 4.79 Å². The summed E-state index contributed by atoms with van der Waals surface area (Å²) >= 11 is 0. The Hall–Kier alpha value is -1.83. The number of nitrogens with one attached hydrogen (secondary N) is 1. The van der Waals surface area contributed by atoms with Crippen LogP contribution in [0.1, 0.15) is 19.8 Å². The van der Waals surface area contributed by atoms with Crippen molar-refractivity contribution in [1.29, 1.82) is 0 Å². The normalized spacial score (nSPS) is 19.7. The Morgan fingerprint density at radius 1 is 1.43 bits per heavy atom. The summed E-state index contributed by atoms with van der Waals surface area (Å²) in [6, 6.07) is -0.396. The molecule has 8 nitrogen and oxygen atoms in total. The minimum atomic E-state index is -1.14. The smallest absolute Gasteiger partial charge is 0.334 e. The fraction of sp³-hybridized carbons (Fsp3) is 0.769. The molecule has 0 aliphatic carbocycles. The van der Waals surface area contributed by atoms with E-state index < -0.39 is 18.1 Å². The van der Waals surface area contributed by atoms with Crippen LogP contribution in [0.25, 0.3) is 0 Å². The van der Waals surface area contributed by atoms with Gasteiger partial charge in [-0.1, -0.05) is 0 Å². The third-order valence-corrected chi connectivity index (χ3v) is 3.33. The van der Waals surface area contributed by atoms with Crippen molar-refractivity contribution in [2.75, 3.05) is 33.4 Å². The quantitative estimate of drug-likeness (QED) is 0.673. The van der Waals surface area contributed by atoms with E-state index in [1.807, 2.05) is 0 Å². The van der Waals surface area contributed by atoms with Crippen molar-refractivity contribution in [3.8, 4) is 0 Å². The number of carboxylic acids is 1. The van der Waals surface area contributed by atoms with Gasteiger partial charge in [-0.05, 0) is 19.8 Å². The summed E-state index contributed by atoms with van der Waals surface area (Å²) in [6.07, 6.45) is 0.321. The van der Waals surface area contributed by atoms with E-state index in [9.17, 15) is 14.4 Å².